The van der Waals surface area contributed by atoms with Crippen LogP contribution >= 0.6 is 0 Å². The lowest BCUT2D eigenvalue weighted by molar-refractivity contribution is 0.0594. The van der Waals surface area contributed by atoms with Crippen molar-refractivity contribution in [2.45, 2.75) is 19.9 Å². The molecular formula is C16H19N3O2. The Balaban J connectivity index is 2.09. The van der Waals surface area contributed by atoms with Crippen LogP contribution in [0.5, 0.6) is 0 Å². The second kappa shape index (κ2) is 6.74. The van der Waals surface area contributed by atoms with Gasteiger partial charge in [0.05, 0.1) is 12.8 Å². The molecule has 21 heavy (non-hydrogen) atoms. The molecule has 0 atom stereocenters. The molecule has 0 spiro atoms. The topological polar surface area (TPSA) is 77.2 Å². The number of anilines is 2. The summed E-state index contributed by atoms with van der Waals surface area (Å²) in [5.41, 5.74) is 9.01. The zero-order chi connectivity index (χ0) is 15.2. The Morgan fingerprint density at radius 1 is 1.19 bits per heavy atom. The number of nitrogen functional groups attached to an aromatic ring is 1. The molecule has 2 aromatic rings. The lowest BCUT2D eigenvalue weighted by Gasteiger charge is -2.10. The summed E-state index contributed by atoms with van der Waals surface area (Å²) < 4.78 is 4.65. The molecule has 2 rings (SSSR count). The molecule has 5 heteroatoms. The Morgan fingerprint density at radius 3 is 2.48 bits per heavy atom. The first-order valence-corrected chi connectivity index (χ1v) is 6.80. The van der Waals surface area contributed by atoms with Gasteiger partial charge in [0.25, 0.3) is 0 Å². The van der Waals surface area contributed by atoms with E-state index in [2.05, 4.69) is 46.2 Å². The van der Waals surface area contributed by atoms with Crippen molar-refractivity contribution >= 4 is 17.5 Å². The molecule has 5 nitrogen and oxygen atoms in total. The van der Waals surface area contributed by atoms with Crippen molar-refractivity contribution < 1.29 is 9.53 Å². The molecule has 1 heterocycles. The Labute approximate surface area is 124 Å². The standard InChI is InChI=1S/C16H19N3O2/c1-3-11-4-6-12(7-5-11)10-18-15-13(17)8-9-14(19-15)16(20)21-2/h4-9H,3,10,17H2,1-2H3,(H,18,19). The molecule has 0 amide bonds. The lowest BCUT2D eigenvalue weighted by Crippen LogP contribution is -2.10. The highest BCUT2D eigenvalue weighted by Crippen LogP contribution is 2.17. The highest BCUT2D eigenvalue weighted by atomic mass is 16.5. The number of ether oxygens (including phenoxy) is 1. The average Bonchev–Trinajstić information content (AvgIpc) is 2.53. The van der Waals surface area contributed by atoms with Crippen LogP contribution in [0.1, 0.15) is 28.5 Å². The molecule has 3 N–H and O–H groups in total. The number of carbonyl (C=O) groups is 1. The van der Waals surface area contributed by atoms with Gasteiger partial charge in [-0.3, -0.25) is 0 Å². The van der Waals surface area contributed by atoms with Gasteiger partial charge in [0, 0.05) is 6.54 Å². The van der Waals surface area contributed by atoms with Gasteiger partial charge in [0.2, 0.25) is 0 Å². The van der Waals surface area contributed by atoms with Crippen LogP contribution in [-0.4, -0.2) is 18.1 Å². The van der Waals surface area contributed by atoms with E-state index in [4.69, 9.17) is 5.73 Å². The minimum atomic E-state index is -0.481. The van der Waals surface area contributed by atoms with Gasteiger partial charge < -0.3 is 15.8 Å². The molecule has 0 bridgehead atoms. The van der Waals surface area contributed by atoms with Crippen LogP contribution < -0.4 is 11.1 Å². The monoisotopic (exact) mass is 285 g/mol. The molecule has 0 unspecified atom stereocenters. The fourth-order valence-corrected chi connectivity index (χ4v) is 1.91. The van der Waals surface area contributed by atoms with E-state index in [1.807, 2.05) is 0 Å². The molecule has 1 aromatic heterocycles. The summed E-state index contributed by atoms with van der Waals surface area (Å²) in [6.45, 7) is 2.71. The molecule has 0 saturated carbocycles. The second-order valence-corrected chi connectivity index (χ2v) is 4.65. The summed E-state index contributed by atoms with van der Waals surface area (Å²) >= 11 is 0. The van der Waals surface area contributed by atoms with Gasteiger partial charge >= 0.3 is 5.97 Å². The highest BCUT2D eigenvalue weighted by Gasteiger charge is 2.10. The fraction of sp³-hybridized carbons (Fsp3) is 0.250. The number of aryl methyl sites for hydroxylation is 1. The van der Waals surface area contributed by atoms with Crippen LogP contribution in [0.2, 0.25) is 0 Å². The van der Waals surface area contributed by atoms with Gasteiger partial charge in [-0.1, -0.05) is 31.2 Å². The molecule has 0 radical (unpaired) electrons. The third kappa shape index (κ3) is 3.72. The minimum Gasteiger partial charge on any atom is -0.464 e. The molecular weight excluding hydrogens is 266 g/mol. The summed E-state index contributed by atoms with van der Waals surface area (Å²) in [5, 5.41) is 3.14. The number of esters is 1. The van der Waals surface area contributed by atoms with Crippen LogP contribution in [0.25, 0.3) is 0 Å². The Hall–Kier alpha value is -2.56. The first-order chi connectivity index (χ1) is 10.1. The summed E-state index contributed by atoms with van der Waals surface area (Å²) in [6.07, 6.45) is 1.02. The summed E-state index contributed by atoms with van der Waals surface area (Å²) in [6, 6.07) is 11.5. The predicted octanol–water partition coefficient (Wildman–Crippen LogP) is 2.62. The molecule has 0 fully saturated rings. The van der Waals surface area contributed by atoms with Crippen LogP contribution in [0.4, 0.5) is 11.5 Å². The number of hydrogen-bond acceptors (Lipinski definition) is 5. The van der Waals surface area contributed by atoms with Crippen molar-refractivity contribution in [2.24, 2.45) is 0 Å². The number of pyridine rings is 1. The predicted molar refractivity (Wildman–Crippen MR) is 83.1 cm³/mol. The molecule has 0 saturated heterocycles. The summed E-state index contributed by atoms with van der Waals surface area (Å²) in [5.74, 6) is 0.00261. The van der Waals surface area contributed by atoms with Crippen molar-refractivity contribution in [3.63, 3.8) is 0 Å². The van der Waals surface area contributed by atoms with Crippen LogP contribution in [0.15, 0.2) is 36.4 Å². The van der Waals surface area contributed by atoms with E-state index in [1.54, 1.807) is 12.1 Å². The zero-order valence-electron chi connectivity index (χ0n) is 12.2. The quantitative estimate of drug-likeness (QED) is 0.826. The number of carbonyl (C=O) groups excluding carboxylic acids is 1. The first-order valence-electron chi connectivity index (χ1n) is 6.80. The van der Waals surface area contributed by atoms with Crippen molar-refractivity contribution in [3.8, 4) is 0 Å². The van der Waals surface area contributed by atoms with Gasteiger partial charge in [-0.2, -0.15) is 0 Å². The number of methoxy groups -OCH3 is 1. The van der Waals surface area contributed by atoms with E-state index in [-0.39, 0.29) is 5.69 Å². The maximum atomic E-state index is 11.5. The second-order valence-electron chi connectivity index (χ2n) is 4.65. The van der Waals surface area contributed by atoms with E-state index < -0.39 is 5.97 Å². The Kier molecular flexibility index (Phi) is 4.77. The number of rotatable bonds is 5. The van der Waals surface area contributed by atoms with Crippen molar-refractivity contribution in [3.05, 3.63) is 53.2 Å². The molecule has 0 aliphatic heterocycles. The Morgan fingerprint density at radius 2 is 1.86 bits per heavy atom. The fourth-order valence-electron chi connectivity index (χ4n) is 1.91. The van der Waals surface area contributed by atoms with Gasteiger partial charge in [0.15, 0.2) is 5.69 Å². The lowest BCUT2D eigenvalue weighted by atomic mass is 10.1. The largest absolute Gasteiger partial charge is 0.464 e. The molecule has 0 aliphatic carbocycles. The van der Waals surface area contributed by atoms with E-state index in [0.29, 0.717) is 18.1 Å². The highest BCUT2D eigenvalue weighted by molar-refractivity contribution is 5.88. The maximum absolute atomic E-state index is 11.5. The third-order valence-corrected chi connectivity index (χ3v) is 3.21. The van der Waals surface area contributed by atoms with Crippen LogP contribution in [0, 0.1) is 0 Å². The van der Waals surface area contributed by atoms with Crippen molar-refractivity contribution in [1.82, 2.24) is 4.98 Å². The molecule has 0 aliphatic rings. The van der Waals surface area contributed by atoms with Gasteiger partial charge in [-0.25, -0.2) is 9.78 Å². The minimum absolute atomic E-state index is 0.232. The number of nitrogens with one attached hydrogen (secondary N) is 1. The summed E-state index contributed by atoms with van der Waals surface area (Å²) in [7, 11) is 1.32. The normalized spacial score (nSPS) is 10.2. The van der Waals surface area contributed by atoms with E-state index in [1.165, 1.54) is 12.7 Å². The SMILES string of the molecule is CCc1ccc(CNc2nc(C(=O)OC)ccc2N)cc1. The molecule has 1 aromatic carbocycles. The van der Waals surface area contributed by atoms with Crippen LogP contribution in [-0.2, 0) is 17.7 Å². The smallest absolute Gasteiger partial charge is 0.356 e. The number of nitrogens with two attached hydrogens (primary N) is 1. The molecule has 110 valence electrons. The van der Waals surface area contributed by atoms with E-state index in [0.717, 1.165) is 12.0 Å². The Bertz CT molecular complexity index is 624. The number of aromatic nitrogens is 1. The van der Waals surface area contributed by atoms with Gasteiger partial charge in [-0.15, -0.1) is 0 Å². The third-order valence-electron chi connectivity index (χ3n) is 3.21. The van der Waals surface area contributed by atoms with Crippen LogP contribution in [0.3, 0.4) is 0 Å². The van der Waals surface area contributed by atoms with Gasteiger partial charge in [0.1, 0.15) is 5.82 Å². The van der Waals surface area contributed by atoms with E-state index in [9.17, 15) is 4.79 Å². The first kappa shape index (κ1) is 14.8. The van der Waals surface area contributed by atoms with Crippen molar-refractivity contribution in [1.29, 1.82) is 0 Å². The van der Waals surface area contributed by atoms with Gasteiger partial charge in [-0.05, 0) is 29.7 Å². The average molecular weight is 285 g/mol. The summed E-state index contributed by atoms with van der Waals surface area (Å²) in [4.78, 5) is 15.6. The number of benzene rings is 1. The van der Waals surface area contributed by atoms with Crippen molar-refractivity contribution in [2.75, 3.05) is 18.2 Å². The van der Waals surface area contributed by atoms with E-state index >= 15 is 0 Å². The maximum Gasteiger partial charge on any atom is 0.356 e. The number of nitrogens with zero attached hydrogens (tertiary/aromatic N) is 1. The zero-order valence-corrected chi connectivity index (χ0v) is 12.2. The number of hydrogen-bond donors (Lipinski definition) is 2.